The molecule has 0 radical (unpaired) electrons. The number of hydrogen-bond donors (Lipinski definition) is 0. The maximum atomic E-state index is 2.57. The Labute approximate surface area is 307 Å². The van der Waals surface area contributed by atoms with E-state index in [4.69, 9.17) is 0 Å². The monoisotopic (exact) mass is 668 g/mol. The van der Waals surface area contributed by atoms with Gasteiger partial charge in [-0.05, 0) is 88.7 Å². The lowest BCUT2D eigenvalue weighted by Crippen LogP contribution is -2.45. The summed E-state index contributed by atoms with van der Waals surface area (Å²) in [6.45, 7) is 4.66. The molecule has 0 spiro atoms. The van der Waals surface area contributed by atoms with Gasteiger partial charge in [0.2, 0.25) is 0 Å². The van der Waals surface area contributed by atoms with Gasteiger partial charge in [-0.3, -0.25) is 0 Å². The Bertz CT molecular complexity index is 2480. The molecule has 2 aliphatic carbocycles. The fourth-order valence-electron chi connectivity index (χ4n) is 9.56. The van der Waals surface area contributed by atoms with Crippen LogP contribution in [0.2, 0.25) is 0 Å². The van der Waals surface area contributed by atoms with Crippen molar-refractivity contribution in [2.45, 2.75) is 37.3 Å². The summed E-state index contributed by atoms with van der Waals surface area (Å²) in [4.78, 5) is 5.13. The lowest BCUT2D eigenvalue weighted by atomic mass is 9.68. The van der Waals surface area contributed by atoms with E-state index >= 15 is 0 Å². The van der Waals surface area contributed by atoms with Crippen LogP contribution in [0.15, 0.2) is 188 Å². The highest BCUT2D eigenvalue weighted by atomic mass is 15.2. The second kappa shape index (κ2) is 12.0. The van der Waals surface area contributed by atoms with Gasteiger partial charge in [0.25, 0.3) is 0 Å². The van der Waals surface area contributed by atoms with Gasteiger partial charge >= 0.3 is 0 Å². The van der Waals surface area contributed by atoms with Crippen LogP contribution < -0.4 is 9.80 Å². The molecule has 2 nitrogen and oxygen atoms in total. The van der Waals surface area contributed by atoms with Crippen molar-refractivity contribution in [2.75, 3.05) is 9.80 Å². The lowest BCUT2D eigenvalue weighted by molar-refractivity contribution is 0.532. The molecule has 6 aromatic rings. The Morgan fingerprint density at radius 1 is 0.500 bits per heavy atom. The van der Waals surface area contributed by atoms with Gasteiger partial charge in [-0.1, -0.05) is 158 Å². The molecule has 0 aromatic heterocycles. The minimum atomic E-state index is -0.328. The summed E-state index contributed by atoms with van der Waals surface area (Å²) in [5.41, 5.74) is 16.5. The molecule has 6 aromatic carbocycles. The highest BCUT2D eigenvalue weighted by Crippen LogP contribution is 2.56. The first-order valence-corrected chi connectivity index (χ1v) is 18.5. The van der Waals surface area contributed by atoms with Crippen LogP contribution in [0.4, 0.5) is 22.7 Å². The van der Waals surface area contributed by atoms with Crippen LogP contribution >= 0.6 is 0 Å². The maximum absolute atomic E-state index is 2.57. The van der Waals surface area contributed by atoms with Gasteiger partial charge < -0.3 is 9.80 Å². The van der Waals surface area contributed by atoms with Crippen molar-refractivity contribution in [1.29, 1.82) is 0 Å². The van der Waals surface area contributed by atoms with Gasteiger partial charge in [0, 0.05) is 39.6 Å². The molecule has 3 unspecified atom stereocenters. The SMILES string of the molecule is Cc1ccccc1N1c2cccc(-c3ccccc3-c3ccccc3[C@@]3(C)C=CC=C4c5ccccc5N(c5ccccc5)C43)c2C2C=CC=CC21. The van der Waals surface area contributed by atoms with Crippen molar-refractivity contribution in [2.24, 2.45) is 0 Å². The Kier molecular flexibility index (Phi) is 7.08. The Balaban J connectivity index is 1.15. The molecule has 4 aliphatic rings. The zero-order chi connectivity index (χ0) is 34.8. The average Bonchev–Trinajstić information content (AvgIpc) is 3.73. The van der Waals surface area contributed by atoms with Gasteiger partial charge in [0.1, 0.15) is 0 Å². The standard InChI is InChI=1S/C50H40N2/c1-34-18-6-13-29-44(34)52-46-31-15-11-25-42(46)48-40(26-16-32-47(48)52)37-22-8-7-21-36(37)38-23-9-12-28-43(38)50(2)33-17-27-41-39-24-10-14-30-45(39)51(49(41)50)35-19-4-3-5-20-35/h3-33,42,46,49H,1-2H3/t42?,46?,49?,50-/m1/s1. The van der Waals surface area contributed by atoms with Crippen molar-refractivity contribution >= 4 is 28.3 Å². The molecule has 2 aliphatic heterocycles. The van der Waals surface area contributed by atoms with Gasteiger partial charge in [-0.2, -0.15) is 0 Å². The Hall–Kier alpha value is -6.12. The minimum absolute atomic E-state index is 0.0918. The van der Waals surface area contributed by atoms with Crippen LogP contribution in [0.5, 0.6) is 0 Å². The number of nitrogens with zero attached hydrogens (tertiary/aromatic N) is 2. The molecule has 10 rings (SSSR count). The third-order valence-electron chi connectivity index (χ3n) is 11.8. The molecule has 0 amide bonds. The van der Waals surface area contributed by atoms with Crippen LogP contribution in [0.3, 0.4) is 0 Å². The van der Waals surface area contributed by atoms with Gasteiger partial charge in [0.05, 0.1) is 12.1 Å². The van der Waals surface area contributed by atoms with Crippen LogP contribution in [0.25, 0.3) is 27.8 Å². The topological polar surface area (TPSA) is 6.48 Å². The average molecular weight is 669 g/mol. The number of benzene rings is 6. The van der Waals surface area contributed by atoms with Gasteiger partial charge in [0.15, 0.2) is 0 Å². The van der Waals surface area contributed by atoms with E-state index in [-0.39, 0.29) is 23.4 Å². The molecule has 0 saturated carbocycles. The molecule has 4 atom stereocenters. The minimum Gasteiger partial charge on any atom is -0.333 e. The van der Waals surface area contributed by atoms with Crippen molar-refractivity contribution in [3.8, 4) is 22.3 Å². The van der Waals surface area contributed by atoms with Gasteiger partial charge in [-0.15, -0.1) is 0 Å². The third kappa shape index (κ3) is 4.50. The van der Waals surface area contributed by atoms with E-state index in [2.05, 4.69) is 212 Å². The van der Waals surface area contributed by atoms with Crippen molar-refractivity contribution in [3.63, 3.8) is 0 Å². The Morgan fingerprint density at radius 2 is 1.12 bits per heavy atom. The second-order valence-electron chi connectivity index (χ2n) is 14.7. The van der Waals surface area contributed by atoms with Gasteiger partial charge in [-0.25, -0.2) is 0 Å². The molecular weight excluding hydrogens is 629 g/mol. The zero-order valence-electron chi connectivity index (χ0n) is 29.5. The quantitative estimate of drug-likeness (QED) is 0.180. The summed E-state index contributed by atoms with van der Waals surface area (Å²) < 4.78 is 0. The number of para-hydroxylation sites is 3. The first-order chi connectivity index (χ1) is 25.6. The Morgan fingerprint density at radius 3 is 1.92 bits per heavy atom. The maximum Gasteiger partial charge on any atom is 0.0727 e. The van der Waals surface area contributed by atoms with E-state index < -0.39 is 0 Å². The van der Waals surface area contributed by atoms with E-state index in [1.54, 1.807) is 0 Å². The molecule has 0 fully saturated rings. The molecule has 0 bridgehead atoms. The number of fused-ring (bicyclic) bond motifs is 6. The lowest BCUT2D eigenvalue weighted by Gasteiger charge is -2.43. The van der Waals surface area contributed by atoms with Crippen LogP contribution in [-0.2, 0) is 5.41 Å². The third-order valence-corrected chi connectivity index (χ3v) is 11.8. The summed E-state index contributed by atoms with van der Waals surface area (Å²) in [5.74, 6) is 0.252. The predicted molar refractivity (Wildman–Crippen MR) is 219 cm³/mol. The molecule has 250 valence electrons. The van der Waals surface area contributed by atoms with Crippen LogP contribution in [-0.4, -0.2) is 12.1 Å². The number of aryl methyl sites for hydroxylation is 1. The normalized spacial score (nSPS) is 22.1. The second-order valence-corrected chi connectivity index (χ2v) is 14.7. The zero-order valence-corrected chi connectivity index (χ0v) is 29.5. The molecule has 0 saturated heterocycles. The highest BCUT2D eigenvalue weighted by molar-refractivity contribution is 5.97. The molecule has 2 heterocycles. The fraction of sp³-hybridized carbons (Fsp3) is 0.120. The van der Waals surface area contributed by atoms with E-state index in [9.17, 15) is 0 Å². The number of anilines is 4. The van der Waals surface area contributed by atoms with E-state index in [1.165, 1.54) is 72.8 Å². The van der Waals surface area contributed by atoms with E-state index in [0.717, 1.165) is 0 Å². The van der Waals surface area contributed by atoms with E-state index in [0.29, 0.717) is 0 Å². The molecular formula is C50H40N2. The summed E-state index contributed by atoms with van der Waals surface area (Å²) in [5, 5.41) is 0. The fourth-order valence-corrected chi connectivity index (χ4v) is 9.56. The van der Waals surface area contributed by atoms with Crippen LogP contribution in [0, 0.1) is 6.92 Å². The van der Waals surface area contributed by atoms with Crippen molar-refractivity contribution in [3.05, 3.63) is 210 Å². The molecule has 2 heteroatoms. The number of allylic oxidation sites excluding steroid dienone is 4. The molecule has 52 heavy (non-hydrogen) atoms. The molecule has 0 N–H and O–H groups in total. The summed E-state index contributed by atoms with van der Waals surface area (Å²) in [7, 11) is 0. The van der Waals surface area contributed by atoms with E-state index in [1.807, 2.05) is 0 Å². The number of hydrogen-bond acceptors (Lipinski definition) is 2. The highest BCUT2D eigenvalue weighted by Gasteiger charge is 2.48. The first-order valence-electron chi connectivity index (χ1n) is 18.5. The predicted octanol–water partition coefficient (Wildman–Crippen LogP) is 12.5. The smallest absolute Gasteiger partial charge is 0.0727 e. The van der Waals surface area contributed by atoms with Crippen molar-refractivity contribution in [1.82, 2.24) is 0 Å². The number of rotatable bonds is 5. The van der Waals surface area contributed by atoms with Crippen molar-refractivity contribution < 1.29 is 0 Å². The summed E-state index contributed by atoms with van der Waals surface area (Å²) in [6, 6.07) is 54.1. The van der Waals surface area contributed by atoms with Crippen LogP contribution in [0.1, 0.15) is 35.1 Å². The first kappa shape index (κ1) is 30.7. The summed E-state index contributed by atoms with van der Waals surface area (Å²) >= 11 is 0. The summed E-state index contributed by atoms with van der Waals surface area (Å²) in [6.07, 6.45) is 16.3. The largest absolute Gasteiger partial charge is 0.333 e.